The molecule has 1 aromatic heterocycles. The smallest absolute Gasteiger partial charge is 0.115 e. The van der Waals surface area contributed by atoms with Gasteiger partial charge in [-0.25, -0.2) is 9.97 Å². The first kappa shape index (κ1) is 11.2. The molecule has 0 amide bonds. The van der Waals surface area contributed by atoms with Gasteiger partial charge in [0.1, 0.15) is 6.33 Å². The van der Waals surface area contributed by atoms with Gasteiger partial charge in [-0.05, 0) is 17.7 Å². The third kappa shape index (κ3) is 2.33. The van der Waals surface area contributed by atoms with E-state index in [1.807, 2.05) is 6.07 Å². The van der Waals surface area contributed by atoms with Crippen LogP contribution < -0.4 is 10.2 Å². The lowest BCUT2D eigenvalue weighted by atomic mass is 10.1. The number of rotatable bonds is 2. The van der Waals surface area contributed by atoms with Crippen LogP contribution in [0.4, 0.5) is 5.69 Å². The van der Waals surface area contributed by atoms with Crippen molar-refractivity contribution < 1.29 is 0 Å². The lowest BCUT2D eigenvalue weighted by Crippen LogP contribution is -2.28. The van der Waals surface area contributed by atoms with Crippen LogP contribution in [0.25, 0.3) is 0 Å². The highest BCUT2D eigenvalue weighted by Gasteiger charge is 2.14. The average molecular weight is 240 g/mol. The van der Waals surface area contributed by atoms with Crippen LogP contribution in [0.1, 0.15) is 11.3 Å². The molecule has 4 heteroatoms. The van der Waals surface area contributed by atoms with Crippen molar-refractivity contribution in [3.05, 3.63) is 54.1 Å². The molecule has 0 aliphatic carbocycles. The summed E-state index contributed by atoms with van der Waals surface area (Å²) in [5.41, 5.74) is 3.71. The van der Waals surface area contributed by atoms with Crippen LogP contribution in [-0.4, -0.2) is 23.1 Å². The molecule has 1 aliphatic rings. The second-order valence-corrected chi connectivity index (χ2v) is 4.43. The molecule has 0 unspecified atom stereocenters. The van der Waals surface area contributed by atoms with Gasteiger partial charge in [0.15, 0.2) is 0 Å². The van der Waals surface area contributed by atoms with E-state index in [-0.39, 0.29) is 0 Å². The maximum atomic E-state index is 4.30. The molecule has 3 rings (SSSR count). The molecule has 4 nitrogen and oxygen atoms in total. The summed E-state index contributed by atoms with van der Waals surface area (Å²) in [5.74, 6) is 0. The zero-order valence-corrected chi connectivity index (χ0v) is 10.2. The first-order chi connectivity index (χ1) is 8.93. The van der Waals surface area contributed by atoms with Gasteiger partial charge in [-0.1, -0.05) is 18.2 Å². The van der Waals surface area contributed by atoms with Gasteiger partial charge in [0, 0.05) is 31.5 Å². The molecule has 1 N–H and O–H groups in total. The van der Waals surface area contributed by atoms with Gasteiger partial charge < -0.3 is 10.2 Å². The molecule has 1 aliphatic heterocycles. The lowest BCUT2D eigenvalue weighted by molar-refractivity contribution is 0.684. The normalized spacial score (nSPS) is 15.0. The van der Waals surface area contributed by atoms with Gasteiger partial charge in [-0.2, -0.15) is 0 Å². The molecule has 0 saturated heterocycles. The van der Waals surface area contributed by atoms with E-state index in [2.05, 4.69) is 44.5 Å². The Balaban J connectivity index is 1.88. The van der Waals surface area contributed by atoms with E-state index in [9.17, 15) is 0 Å². The van der Waals surface area contributed by atoms with Crippen molar-refractivity contribution in [3.8, 4) is 0 Å². The summed E-state index contributed by atoms with van der Waals surface area (Å²) in [7, 11) is 0. The molecule has 0 fully saturated rings. The molecule has 1 aromatic carbocycles. The number of nitrogens with one attached hydrogen (secondary N) is 1. The average Bonchev–Trinajstić information content (AvgIpc) is 2.63. The maximum Gasteiger partial charge on any atom is 0.115 e. The number of benzene rings is 1. The number of aromatic nitrogens is 2. The predicted molar refractivity (Wildman–Crippen MR) is 71.2 cm³/mol. The summed E-state index contributed by atoms with van der Waals surface area (Å²) in [5, 5.41) is 3.44. The minimum absolute atomic E-state index is 0.835. The second kappa shape index (κ2) is 5.14. The molecule has 2 heterocycles. The molecule has 2 aromatic rings. The van der Waals surface area contributed by atoms with E-state index in [4.69, 9.17) is 0 Å². The van der Waals surface area contributed by atoms with Crippen LogP contribution in [0.15, 0.2) is 42.9 Å². The van der Waals surface area contributed by atoms with Gasteiger partial charge >= 0.3 is 0 Å². The highest BCUT2D eigenvalue weighted by atomic mass is 15.2. The summed E-state index contributed by atoms with van der Waals surface area (Å²) in [6.45, 7) is 3.78. The number of anilines is 1. The van der Waals surface area contributed by atoms with E-state index in [0.717, 1.165) is 31.9 Å². The van der Waals surface area contributed by atoms with Crippen molar-refractivity contribution >= 4 is 5.69 Å². The third-order valence-electron chi connectivity index (χ3n) is 3.20. The van der Waals surface area contributed by atoms with Crippen molar-refractivity contribution in [1.29, 1.82) is 0 Å². The Bertz CT molecular complexity index is 512. The molecular formula is C14H16N4. The molecular weight excluding hydrogens is 224 g/mol. The summed E-state index contributed by atoms with van der Waals surface area (Å²) in [6.07, 6.45) is 3.40. The second-order valence-electron chi connectivity index (χ2n) is 4.43. The molecule has 0 bridgehead atoms. The van der Waals surface area contributed by atoms with Crippen molar-refractivity contribution in [2.45, 2.75) is 13.1 Å². The first-order valence-corrected chi connectivity index (χ1v) is 6.22. The monoisotopic (exact) mass is 240 g/mol. The van der Waals surface area contributed by atoms with E-state index in [1.165, 1.54) is 11.3 Å². The van der Waals surface area contributed by atoms with E-state index >= 15 is 0 Å². The Morgan fingerprint density at radius 2 is 2.17 bits per heavy atom. The molecule has 92 valence electrons. The van der Waals surface area contributed by atoms with Crippen LogP contribution >= 0.6 is 0 Å². The molecule has 0 saturated carbocycles. The fraction of sp³-hybridized carbons (Fsp3) is 0.286. The van der Waals surface area contributed by atoms with Crippen molar-refractivity contribution in [2.24, 2.45) is 0 Å². The van der Waals surface area contributed by atoms with Gasteiger partial charge in [0.25, 0.3) is 0 Å². The van der Waals surface area contributed by atoms with Crippen LogP contribution in [0.2, 0.25) is 0 Å². The maximum absolute atomic E-state index is 4.30. The zero-order valence-electron chi connectivity index (χ0n) is 10.2. The van der Waals surface area contributed by atoms with Crippen molar-refractivity contribution in [1.82, 2.24) is 15.3 Å². The van der Waals surface area contributed by atoms with Crippen LogP contribution in [0, 0.1) is 0 Å². The third-order valence-corrected chi connectivity index (χ3v) is 3.20. The van der Waals surface area contributed by atoms with Gasteiger partial charge in [-0.3, -0.25) is 0 Å². The SMILES string of the molecule is c1ccc2c(c1)CNCCN2Cc1ccncn1. The van der Waals surface area contributed by atoms with Gasteiger partial charge in [0.05, 0.1) is 12.2 Å². The molecule has 0 spiro atoms. The van der Waals surface area contributed by atoms with E-state index in [0.29, 0.717) is 0 Å². The predicted octanol–water partition coefficient (Wildman–Crippen LogP) is 1.59. The summed E-state index contributed by atoms with van der Waals surface area (Å²) in [6, 6.07) is 10.5. The first-order valence-electron chi connectivity index (χ1n) is 6.22. The highest BCUT2D eigenvalue weighted by molar-refractivity contribution is 5.54. The number of hydrogen-bond acceptors (Lipinski definition) is 4. The Morgan fingerprint density at radius 1 is 1.22 bits per heavy atom. The number of hydrogen-bond donors (Lipinski definition) is 1. The Labute approximate surface area is 107 Å². The van der Waals surface area contributed by atoms with Crippen molar-refractivity contribution in [3.63, 3.8) is 0 Å². The van der Waals surface area contributed by atoms with Crippen LogP contribution in [0.5, 0.6) is 0 Å². The largest absolute Gasteiger partial charge is 0.364 e. The zero-order chi connectivity index (χ0) is 12.2. The summed E-state index contributed by atoms with van der Waals surface area (Å²) >= 11 is 0. The Hall–Kier alpha value is -1.94. The summed E-state index contributed by atoms with van der Waals surface area (Å²) < 4.78 is 0. The quantitative estimate of drug-likeness (QED) is 0.865. The van der Waals surface area contributed by atoms with E-state index < -0.39 is 0 Å². The fourth-order valence-corrected chi connectivity index (χ4v) is 2.30. The van der Waals surface area contributed by atoms with Crippen LogP contribution in [-0.2, 0) is 13.1 Å². The molecule has 0 radical (unpaired) electrons. The van der Waals surface area contributed by atoms with Gasteiger partial charge in [-0.15, -0.1) is 0 Å². The fourth-order valence-electron chi connectivity index (χ4n) is 2.30. The highest BCUT2D eigenvalue weighted by Crippen LogP contribution is 2.23. The van der Waals surface area contributed by atoms with Gasteiger partial charge in [0.2, 0.25) is 0 Å². The Morgan fingerprint density at radius 3 is 3.06 bits per heavy atom. The minimum atomic E-state index is 0.835. The molecule has 18 heavy (non-hydrogen) atoms. The minimum Gasteiger partial charge on any atom is -0.364 e. The summed E-state index contributed by atoms with van der Waals surface area (Å²) in [4.78, 5) is 10.6. The van der Waals surface area contributed by atoms with E-state index in [1.54, 1.807) is 12.5 Å². The number of para-hydroxylation sites is 1. The number of fused-ring (bicyclic) bond motifs is 1. The topological polar surface area (TPSA) is 41.0 Å². The standard InChI is InChI=1S/C14H16N4/c1-2-4-14-12(3-1)9-15-7-8-18(14)10-13-5-6-16-11-17-13/h1-6,11,15H,7-10H2. The Kier molecular flexibility index (Phi) is 3.19. The van der Waals surface area contributed by atoms with Crippen LogP contribution in [0.3, 0.4) is 0 Å². The molecule has 0 atom stereocenters. The number of nitrogens with zero attached hydrogens (tertiary/aromatic N) is 3. The lowest BCUT2D eigenvalue weighted by Gasteiger charge is -2.24. The van der Waals surface area contributed by atoms with Crippen molar-refractivity contribution in [2.75, 3.05) is 18.0 Å².